The summed E-state index contributed by atoms with van der Waals surface area (Å²) >= 11 is 3.42. The highest BCUT2D eigenvalue weighted by Gasteiger charge is 2.07. The number of benzene rings is 1. The molecule has 0 aliphatic rings. The summed E-state index contributed by atoms with van der Waals surface area (Å²) in [4.78, 5) is 0. The molecule has 2 N–H and O–H groups in total. The second-order valence-corrected chi connectivity index (χ2v) is 3.57. The number of hydrogen-bond acceptors (Lipinski definition) is 2. The number of rotatable bonds is 2. The molecule has 0 bridgehead atoms. The Morgan fingerprint density at radius 3 is 2.75 bits per heavy atom. The van der Waals surface area contributed by atoms with Crippen molar-refractivity contribution in [2.24, 2.45) is 0 Å². The van der Waals surface area contributed by atoms with Crippen LogP contribution >= 0.6 is 15.9 Å². The Morgan fingerprint density at radius 2 is 2.17 bits per heavy atom. The predicted octanol–water partition coefficient (Wildman–Crippen LogP) is 2.44. The zero-order chi connectivity index (χ0) is 9.14. The number of phenols is 1. The van der Waals surface area contributed by atoms with Crippen LogP contribution in [-0.4, -0.2) is 12.2 Å². The zero-order valence-electron chi connectivity index (χ0n) is 7.13. The van der Waals surface area contributed by atoms with Crippen molar-refractivity contribution < 1.29 is 5.11 Å². The molecule has 0 fully saturated rings. The van der Waals surface area contributed by atoms with Gasteiger partial charge in [0.15, 0.2) is 0 Å². The third-order valence-corrected chi connectivity index (χ3v) is 2.60. The van der Waals surface area contributed by atoms with Crippen molar-refractivity contribution in [3.05, 3.63) is 28.2 Å². The van der Waals surface area contributed by atoms with Crippen LogP contribution in [0.3, 0.4) is 0 Å². The molecule has 1 unspecified atom stereocenters. The molecule has 66 valence electrons. The molecule has 1 aromatic rings. The first-order chi connectivity index (χ1) is 5.65. The average molecular weight is 230 g/mol. The Bertz CT molecular complexity index is 275. The minimum Gasteiger partial charge on any atom is -0.508 e. The summed E-state index contributed by atoms with van der Waals surface area (Å²) in [6.45, 7) is 2.04. The molecule has 0 radical (unpaired) electrons. The maximum Gasteiger partial charge on any atom is 0.115 e. The molecule has 1 rings (SSSR count). The van der Waals surface area contributed by atoms with Crippen molar-refractivity contribution in [1.29, 1.82) is 0 Å². The summed E-state index contributed by atoms with van der Waals surface area (Å²) in [5, 5.41) is 12.3. The molecule has 0 spiro atoms. The SMILES string of the molecule is CNC(C)c1cc(O)ccc1Br. The highest BCUT2D eigenvalue weighted by Crippen LogP contribution is 2.26. The molecule has 0 aliphatic carbocycles. The van der Waals surface area contributed by atoms with Crippen LogP contribution in [0.2, 0.25) is 0 Å². The van der Waals surface area contributed by atoms with Gasteiger partial charge in [0.25, 0.3) is 0 Å². The largest absolute Gasteiger partial charge is 0.508 e. The Labute approximate surface area is 80.7 Å². The fourth-order valence-corrected chi connectivity index (χ4v) is 1.61. The van der Waals surface area contributed by atoms with E-state index in [-0.39, 0.29) is 6.04 Å². The second kappa shape index (κ2) is 3.92. The van der Waals surface area contributed by atoms with E-state index >= 15 is 0 Å². The van der Waals surface area contributed by atoms with Crippen molar-refractivity contribution in [2.75, 3.05) is 7.05 Å². The minimum atomic E-state index is 0.242. The van der Waals surface area contributed by atoms with Gasteiger partial charge in [0, 0.05) is 10.5 Å². The topological polar surface area (TPSA) is 32.3 Å². The molecule has 1 aromatic carbocycles. The molecule has 0 aliphatic heterocycles. The van der Waals surface area contributed by atoms with Gasteiger partial charge in [-0.15, -0.1) is 0 Å². The molecule has 0 saturated carbocycles. The lowest BCUT2D eigenvalue weighted by atomic mass is 10.1. The van der Waals surface area contributed by atoms with E-state index in [2.05, 4.69) is 21.2 Å². The maximum atomic E-state index is 9.23. The molecular formula is C9H12BrNO. The minimum absolute atomic E-state index is 0.242. The Morgan fingerprint density at radius 1 is 1.50 bits per heavy atom. The Hall–Kier alpha value is -0.540. The fourth-order valence-electron chi connectivity index (χ4n) is 1.02. The van der Waals surface area contributed by atoms with E-state index in [0.717, 1.165) is 10.0 Å². The van der Waals surface area contributed by atoms with Crippen molar-refractivity contribution >= 4 is 15.9 Å². The quantitative estimate of drug-likeness (QED) is 0.817. The normalized spacial score (nSPS) is 12.9. The Kier molecular flexibility index (Phi) is 3.12. The van der Waals surface area contributed by atoms with Gasteiger partial charge < -0.3 is 10.4 Å². The van der Waals surface area contributed by atoms with Crippen LogP contribution in [0.15, 0.2) is 22.7 Å². The van der Waals surface area contributed by atoms with Gasteiger partial charge in [-0.3, -0.25) is 0 Å². The number of phenolic OH excluding ortho intramolecular Hbond substituents is 1. The van der Waals surface area contributed by atoms with E-state index in [9.17, 15) is 5.11 Å². The number of aromatic hydroxyl groups is 1. The standard InChI is InChI=1S/C9H12BrNO/c1-6(11-2)8-5-7(12)3-4-9(8)10/h3-6,11-12H,1-2H3. The van der Waals surface area contributed by atoms with Crippen LogP contribution < -0.4 is 5.32 Å². The summed E-state index contributed by atoms with van der Waals surface area (Å²) in [6.07, 6.45) is 0. The first kappa shape index (κ1) is 9.55. The van der Waals surface area contributed by atoms with Gasteiger partial charge in [0.2, 0.25) is 0 Å². The van der Waals surface area contributed by atoms with Gasteiger partial charge >= 0.3 is 0 Å². The molecule has 0 saturated heterocycles. The van der Waals surface area contributed by atoms with E-state index < -0.39 is 0 Å². The molecule has 0 heterocycles. The third-order valence-electron chi connectivity index (χ3n) is 1.88. The zero-order valence-corrected chi connectivity index (χ0v) is 8.72. The average Bonchev–Trinajstić information content (AvgIpc) is 2.08. The summed E-state index contributed by atoms with van der Waals surface area (Å²) in [6, 6.07) is 5.51. The van der Waals surface area contributed by atoms with E-state index in [4.69, 9.17) is 0 Å². The van der Waals surface area contributed by atoms with Crippen LogP contribution in [0, 0.1) is 0 Å². The highest BCUT2D eigenvalue weighted by atomic mass is 79.9. The van der Waals surface area contributed by atoms with Crippen molar-refractivity contribution in [1.82, 2.24) is 5.32 Å². The van der Waals surface area contributed by atoms with Gasteiger partial charge in [-0.1, -0.05) is 15.9 Å². The summed E-state index contributed by atoms with van der Waals surface area (Å²) in [5.74, 6) is 0.301. The first-order valence-electron chi connectivity index (χ1n) is 3.81. The maximum absolute atomic E-state index is 9.23. The van der Waals surface area contributed by atoms with Crippen LogP contribution in [-0.2, 0) is 0 Å². The lowest BCUT2D eigenvalue weighted by Crippen LogP contribution is -2.12. The summed E-state index contributed by atoms with van der Waals surface area (Å²) in [7, 11) is 1.89. The highest BCUT2D eigenvalue weighted by molar-refractivity contribution is 9.10. The predicted molar refractivity (Wildman–Crippen MR) is 53.3 cm³/mol. The van der Waals surface area contributed by atoms with Gasteiger partial charge in [0.1, 0.15) is 5.75 Å². The number of halogens is 1. The van der Waals surface area contributed by atoms with Crippen molar-refractivity contribution in [3.63, 3.8) is 0 Å². The molecule has 12 heavy (non-hydrogen) atoms. The van der Waals surface area contributed by atoms with Gasteiger partial charge in [-0.2, -0.15) is 0 Å². The monoisotopic (exact) mass is 229 g/mol. The van der Waals surface area contributed by atoms with Crippen LogP contribution in [0.4, 0.5) is 0 Å². The van der Waals surface area contributed by atoms with E-state index in [1.165, 1.54) is 0 Å². The number of hydrogen-bond donors (Lipinski definition) is 2. The fraction of sp³-hybridized carbons (Fsp3) is 0.333. The molecule has 0 aromatic heterocycles. The van der Waals surface area contributed by atoms with Gasteiger partial charge in [0.05, 0.1) is 0 Å². The lowest BCUT2D eigenvalue weighted by Gasteiger charge is -2.12. The van der Waals surface area contributed by atoms with Gasteiger partial charge in [-0.05, 0) is 37.7 Å². The Balaban J connectivity index is 3.04. The lowest BCUT2D eigenvalue weighted by molar-refractivity contribution is 0.473. The van der Waals surface area contributed by atoms with E-state index in [0.29, 0.717) is 5.75 Å². The van der Waals surface area contributed by atoms with Crippen LogP contribution in [0.25, 0.3) is 0 Å². The van der Waals surface area contributed by atoms with Crippen LogP contribution in [0.5, 0.6) is 5.75 Å². The summed E-state index contributed by atoms with van der Waals surface area (Å²) in [5.41, 5.74) is 1.07. The summed E-state index contributed by atoms with van der Waals surface area (Å²) < 4.78 is 1.02. The molecule has 1 atom stereocenters. The van der Waals surface area contributed by atoms with Crippen LogP contribution in [0.1, 0.15) is 18.5 Å². The molecule has 2 nitrogen and oxygen atoms in total. The number of nitrogens with one attached hydrogen (secondary N) is 1. The molecule has 3 heteroatoms. The van der Waals surface area contributed by atoms with Gasteiger partial charge in [-0.25, -0.2) is 0 Å². The van der Waals surface area contributed by atoms with E-state index in [1.807, 2.05) is 20.0 Å². The molecule has 0 amide bonds. The second-order valence-electron chi connectivity index (χ2n) is 2.72. The molecular weight excluding hydrogens is 218 g/mol. The van der Waals surface area contributed by atoms with E-state index in [1.54, 1.807) is 12.1 Å². The first-order valence-corrected chi connectivity index (χ1v) is 4.60. The van der Waals surface area contributed by atoms with Crippen molar-refractivity contribution in [3.8, 4) is 5.75 Å². The van der Waals surface area contributed by atoms with Crippen molar-refractivity contribution in [2.45, 2.75) is 13.0 Å². The third kappa shape index (κ3) is 1.99. The smallest absolute Gasteiger partial charge is 0.115 e.